The van der Waals surface area contributed by atoms with Crippen LogP contribution in [0, 0.1) is 5.92 Å². The van der Waals surface area contributed by atoms with Crippen LogP contribution < -0.4 is 5.14 Å². The Morgan fingerprint density at radius 1 is 1.36 bits per heavy atom. The summed E-state index contributed by atoms with van der Waals surface area (Å²) in [4.78, 5) is 14.4. The summed E-state index contributed by atoms with van der Waals surface area (Å²) in [7, 11) is -1.55. The molecule has 1 amide bonds. The van der Waals surface area contributed by atoms with Crippen LogP contribution in [0.15, 0.2) is 30.5 Å². The van der Waals surface area contributed by atoms with Gasteiger partial charge >= 0.3 is 0 Å². The molecular formula is C15H19N3O3S. The molecule has 6 nitrogen and oxygen atoms in total. The van der Waals surface area contributed by atoms with Gasteiger partial charge in [0, 0.05) is 42.8 Å². The zero-order valence-electron chi connectivity index (χ0n) is 12.4. The van der Waals surface area contributed by atoms with Gasteiger partial charge in [0.15, 0.2) is 0 Å². The van der Waals surface area contributed by atoms with E-state index in [4.69, 9.17) is 5.14 Å². The van der Waals surface area contributed by atoms with Crippen LogP contribution in [0.25, 0.3) is 10.9 Å². The third-order valence-electron chi connectivity index (χ3n) is 4.20. The normalized spacial score (nSPS) is 19.0. The number of hydrogen-bond acceptors (Lipinski definition) is 3. The highest BCUT2D eigenvalue weighted by Gasteiger charge is 2.30. The zero-order chi connectivity index (χ0) is 15.9. The Kier molecular flexibility index (Phi) is 3.70. The molecule has 1 saturated heterocycles. The van der Waals surface area contributed by atoms with Gasteiger partial charge in [0.1, 0.15) is 0 Å². The molecule has 2 N–H and O–H groups in total. The van der Waals surface area contributed by atoms with Gasteiger partial charge in [-0.05, 0) is 30.5 Å². The minimum absolute atomic E-state index is 0.0475. The summed E-state index contributed by atoms with van der Waals surface area (Å²) in [5.41, 5.74) is 1.67. The van der Waals surface area contributed by atoms with E-state index in [1.165, 1.54) is 0 Å². The van der Waals surface area contributed by atoms with Crippen LogP contribution >= 0.6 is 0 Å². The summed E-state index contributed by atoms with van der Waals surface area (Å²) in [6.07, 6.45) is 2.60. The summed E-state index contributed by atoms with van der Waals surface area (Å²) in [6.45, 7) is 1.01. The van der Waals surface area contributed by atoms with Gasteiger partial charge < -0.3 is 9.47 Å². The van der Waals surface area contributed by atoms with Gasteiger partial charge in [0.05, 0.1) is 5.75 Å². The number of rotatable bonds is 3. The van der Waals surface area contributed by atoms with Gasteiger partial charge in [0.25, 0.3) is 5.91 Å². The van der Waals surface area contributed by atoms with Crippen molar-refractivity contribution in [3.8, 4) is 0 Å². The van der Waals surface area contributed by atoms with Gasteiger partial charge in [-0.1, -0.05) is 6.07 Å². The monoisotopic (exact) mass is 321 g/mol. The average Bonchev–Trinajstić information content (AvgIpc) is 3.04. The number of nitrogens with two attached hydrogens (primary N) is 1. The Hall–Kier alpha value is -1.86. The molecule has 2 heterocycles. The molecule has 22 heavy (non-hydrogen) atoms. The number of primary sulfonamides is 1. The molecule has 1 aliphatic heterocycles. The van der Waals surface area contributed by atoms with Gasteiger partial charge in [-0.25, -0.2) is 13.6 Å². The first-order chi connectivity index (χ1) is 10.3. The van der Waals surface area contributed by atoms with Crippen molar-refractivity contribution in [2.45, 2.75) is 6.42 Å². The van der Waals surface area contributed by atoms with Crippen molar-refractivity contribution in [3.63, 3.8) is 0 Å². The number of carbonyl (C=O) groups is 1. The molecule has 1 unspecified atom stereocenters. The first-order valence-electron chi connectivity index (χ1n) is 7.19. The van der Waals surface area contributed by atoms with Crippen LogP contribution in [-0.4, -0.2) is 42.6 Å². The summed E-state index contributed by atoms with van der Waals surface area (Å²) in [6, 6.07) is 7.59. The van der Waals surface area contributed by atoms with Crippen molar-refractivity contribution in [1.82, 2.24) is 9.47 Å². The number of fused-ring (bicyclic) bond motifs is 1. The lowest BCUT2D eigenvalue weighted by molar-refractivity contribution is 0.0790. The number of nitrogens with zero attached hydrogens (tertiary/aromatic N) is 2. The van der Waals surface area contributed by atoms with E-state index in [0.717, 1.165) is 10.9 Å². The highest BCUT2D eigenvalue weighted by Crippen LogP contribution is 2.24. The quantitative estimate of drug-likeness (QED) is 0.912. The highest BCUT2D eigenvalue weighted by molar-refractivity contribution is 7.89. The van der Waals surface area contributed by atoms with Crippen molar-refractivity contribution in [2.75, 3.05) is 18.8 Å². The first kappa shape index (κ1) is 15.1. The Labute approximate surface area is 129 Å². The highest BCUT2D eigenvalue weighted by atomic mass is 32.2. The molecular weight excluding hydrogens is 302 g/mol. The summed E-state index contributed by atoms with van der Waals surface area (Å²) >= 11 is 0. The van der Waals surface area contributed by atoms with Gasteiger partial charge in [-0.15, -0.1) is 0 Å². The molecule has 0 spiro atoms. The van der Waals surface area contributed by atoms with Crippen LogP contribution in [-0.2, 0) is 17.1 Å². The van der Waals surface area contributed by atoms with E-state index in [0.29, 0.717) is 25.1 Å². The topological polar surface area (TPSA) is 85.4 Å². The number of aryl methyl sites for hydroxylation is 1. The van der Waals surface area contributed by atoms with E-state index in [2.05, 4.69) is 0 Å². The Balaban J connectivity index is 1.82. The van der Waals surface area contributed by atoms with E-state index >= 15 is 0 Å². The molecule has 2 aromatic rings. The summed E-state index contributed by atoms with van der Waals surface area (Å²) in [5, 5.41) is 6.01. The Morgan fingerprint density at radius 2 is 2.14 bits per heavy atom. The molecule has 1 aromatic carbocycles. The zero-order valence-corrected chi connectivity index (χ0v) is 13.2. The number of carbonyl (C=O) groups excluding carboxylic acids is 1. The van der Waals surface area contributed by atoms with Crippen LogP contribution in [0.4, 0.5) is 0 Å². The van der Waals surface area contributed by atoms with E-state index < -0.39 is 10.0 Å². The van der Waals surface area contributed by atoms with Crippen molar-refractivity contribution in [3.05, 3.63) is 36.0 Å². The third kappa shape index (κ3) is 2.86. The number of amides is 1. The lowest BCUT2D eigenvalue weighted by Crippen LogP contribution is -2.30. The van der Waals surface area contributed by atoms with E-state index in [9.17, 15) is 13.2 Å². The fourth-order valence-electron chi connectivity index (χ4n) is 3.14. The van der Waals surface area contributed by atoms with Crippen LogP contribution in [0.2, 0.25) is 0 Å². The molecule has 1 fully saturated rings. The lowest BCUT2D eigenvalue weighted by atomic mass is 10.1. The van der Waals surface area contributed by atoms with Gasteiger partial charge in [-0.2, -0.15) is 0 Å². The lowest BCUT2D eigenvalue weighted by Gasteiger charge is -2.17. The number of sulfonamides is 1. The number of hydrogen-bond donors (Lipinski definition) is 1. The molecule has 0 saturated carbocycles. The van der Waals surface area contributed by atoms with Crippen LogP contribution in [0.5, 0.6) is 0 Å². The maximum atomic E-state index is 12.7. The molecule has 0 bridgehead atoms. The minimum atomic E-state index is -3.49. The fourth-order valence-corrected chi connectivity index (χ4v) is 4.07. The molecule has 118 valence electrons. The molecule has 3 rings (SSSR count). The molecule has 0 radical (unpaired) electrons. The van der Waals surface area contributed by atoms with E-state index in [1.54, 1.807) is 4.90 Å². The summed E-state index contributed by atoms with van der Waals surface area (Å²) in [5.74, 6) is -0.186. The molecule has 1 atom stereocenters. The summed E-state index contributed by atoms with van der Waals surface area (Å²) < 4.78 is 24.3. The van der Waals surface area contributed by atoms with Crippen molar-refractivity contribution >= 4 is 26.8 Å². The Bertz CT molecular complexity index is 826. The number of likely N-dealkylation sites (tertiary alicyclic amines) is 1. The maximum absolute atomic E-state index is 12.7. The second kappa shape index (κ2) is 5.40. The Morgan fingerprint density at radius 3 is 2.86 bits per heavy atom. The van der Waals surface area contributed by atoms with Crippen LogP contribution in [0.1, 0.15) is 16.8 Å². The number of aromatic nitrogens is 1. The third-order valence-corrected chi connectivity index (χ3v) is 5.14. The average molecular weight is 321 g/mol. The molecule has 0 aliphatic carbocycles. The molecule has 1 aromatic heterocycles. The van der Waals surface area contributed by atoms with Gasteiger partial charge in [0.2, 0.25) is 10.0 Å². The standard InChI is InChI=1S/C15H19N3O3S/c1-17-7-6-12-13(3-2-4-14(12)17)15(19)18-8-5-11(9-18)10-22(16,20)21/h2-4,6-7,11H,5,8-10H2,1H3,(H2,16,20,21). The fraction of sp³-hybridized carbons (Fsp3) is 0.400. The van der Waals surface area contributed by atoms with E-state index in [-0.39, 0.29) is 17.6 Å². The minimum Gasteiger partial charge on any atom is -0.351 e. The van der Waals surface area contributed by atoms with Crippen molar-refractivity contribution < 1.29 is 13.2 Å². The SMILES string of the molecule is Cn1ccc2c(C(=O)N3CCC(CS(N)(=O)=O)C3)cccc21. The van der Waals surface area contributed by atoms with Crippen molar-refractivity contribution in [2.24, 2.45) is 18.1 Å². The maximum Gasteiger partial charge on any atom is 0.254 e. The van der Waals surface area contributed by atoms with Gasteiger partial charge in [-0.3, -0.25) is 4.79 Å². The molecule has 7 heteroatoms. The predicted octanol–water partition coefficient (Wildman–Crippen LogP) is 0.929. The smallest absolute Gasteiger partial charge is 0.254 e. The molecule has 1 aliphatic rings. The first-order valence-corrected chi connectivity index (χ1v) is 8.90. The second-order valence-electron chi connectivity index (χ2n) is 5.90. The largest absolute Gasteiger partial charge is 0.351 e. The van der Waals surface area contributed by atoms with E-state index in [1.807, 2.05) is 42.1 Å². The van der Waals surface area contributed by atoms with Crippen molar-refractivity contribution in [1.29, 1.82) is 0 Å². The second-order valence-corrected chi connectivity index (χ2v) is 7.56. The predicted molar refractivity (Wildman–Crippen MR) is 84.9 cm³/mol. The number of benzene rings is 1. The van der Waals surface area contributed by atoms with Crippen LogP contribution in [0.3, 0.4) is 0 Å².